The highest BCUT2D eigenvalue weighted by Gasteiger charge is 2.49. The van der Waals surface area contributed by atoms with Crippen LogP contribution in [0.2, 0.25) is 10.0 Å². The Morgan fingerprint density at radius 3 is 1.31 bits per heavy atom. The van der Waals surface area contributed by atoms with E-state index in [9.17, 15) is 20.4 Å². The number of anilines is 2. The van der Waals surface area contributed by atoms with Crippen LogP contribution in [0.15, 0.2) is 122 Å². The smallest absolute Gasteiger partial charge is 0.244 e. The molecule has 4 aromatic heterocycles. The predicted molar refractivity (Wildman–Crippen MR) is 326 cm³/mol. The molecule has 21 heteroatoms. The number of aliphatic hydroxyl groups excluding tert-OH is 4. The van der Waals surface area contributed by atoms with Crippen LogP contribution in [0.4, 0.5) is 11.4 Å². The van der Waals surface area contributed by atoms with Crippen LogP contribution in [0.3, 0.4) is 0 Å². The molecule has 0 radical (unpaired) electrons. The minimum Gasteiger partial charge on any atom is -0.473 e. The zero-order chi connectivity index (χ0) is 57.7. The van der Waals surface area contributed by atoms with E-state index >= 15 is 4.79 Å². The molecule has 0 spiro atoms. The highest BCUT2D eigenvalue weighted by molar-refractivity contribution is 6.30. The molecule has 19 nitrogen and oxygen atoms in total. The maximum Gasteiger partial charge on any atom is 0.244 e. The van der Waals surface area contributed by atoms with Gasteiger partial charge in [-0.3, -0.25) is 24.8 Å². The SMILES string of the molecule is O=C(C([C@@H](c1ccc(Cl)cc1)[C@@H]1CCCN1)N1CCN(c2c(-c3ccccc3)cnc3[nH]nc(OC[C@@H](O)CO)c23)CC1)C([C@@H](c1ccc(Cl)cc1)[C@@H]1CCCN1)N1CCN(c2c(-c3ccccc3)cnc3[nH]nc(OC[C@@H](O)CO)c23)CC1. The molecule has 8 aromatic rings. The molecule has 4 aliphatic rings. The van der Waals surface area contributed by atoms with Crippen molar-refractivity contribution in [3.05, 3.63) is 143 Å². The van der Waals surface area contributed by atoms with Gasteiger partial charge in [0.25, 0.3) is 0 Å². The fraction of sp³-hybridized carbons (Fsp3) is 0.413. The largest absolute Gasteiger partial charge is 0.473 e. The summed E-state index contributed by atoms with van der Waals surface area (Å²) in [6.07, 6.45) is 5.30. The Labute approximate surface area is 497 Å². The van der Waals surface area contributed by atoms with E-state index in [2.05, 4.69) is 99.2 Å². The van der Waals surface area contributed by atoms with E-state index < -0.39 is 37.5 Å². The normalized spacial score (nSPS) is 20.3. The molecule has 4 saturated heterocycles. The van der Waals surface area contributed by atoms with Gasteiger partial charge in [0.2, 0.25) is 11.8 Å². The lowest BCUT2D eigenvalue weighted by Gasteiger charge is -2.49. The summed E-state index contributed by atoms with van der Waals surface area (Å²) in [5.74, 6) is 0.212. The third-order valence-electron chi connectivity index (χ3n) is 17.4. The van der Waals surface area contributed by atoms with E-state index in [1.807, 2.05) is 73.1 Å². The molecule has 4 fully saturated rings. The number of hydrogen-bond donors (Lipinski definition) is 8. The number of H-pyrrole nitrogens is 2. The van der Waals surface area contributed by atoms with Crippen LogP contribution in [0.25, 0.3) is 44.3 Å². The first kappa shape index (κ1) is 57.7. The van der Waals surface area contributed by atoms with Gasteiger partial charge in [-0.15, -0.1) is 10.2 Å². The lowest BCUT2D eigenvalue weighted by Crippen LogP contribution is -2.64. The molecular weight excluding hydrogens is 1110 g/mol. The van der Waals surface area contributed by atoms with E-state index in [-0.39, 0.29) is 54.7 Å². The van der Waals surface area contributed by atoms with Crippen molar-refractivity contribution in [1.82, 2.24) is 50.8 Å². The van der Waals surface area contributed by atoms with Crippen LogP contribution < -0.4 is 29.9 Å². The number of hydrogen-bond acceptors (Lipinski definition) is 17. The molecule has 84 heavy (non-hydrogen) atoms. The Kier molecular flexibility index (Phi) is 18.0. The van der Waals surface area contributed by atoms with Crippen LogP contribution in [-0.4, -0.2) is 195 Å². The molecule has 4 aromatic carbocycles. The summed E-state index contributed by atoms with van der Waals surface area (Å²) >= 11 is 13.4. The summed E-state index contributed by atoms with van der Waals surface area (Å²) in [6.45, 7) is 4.83. The zero-order valence-corrected chi connectivity index (χ0v) is 48.3. The second-order valence-electron chi connectivity index (χ2n) is 22.5. The maximum absolute atomic E-state index is 17.4. The van der Waals surface area contributed by atoms with Crippen molar-refractivity contribution in [3.63, 3.8) is 0 Å². The lowest BCUT2D eigenvalue weighted by atomic mass is 9.74. The summed E-state index contributed by atoms with van der Waals surface area (Å²) in [5, 5.41) is 65.7. The molecule has 0 saturated carbocycles. The fourth-order valence-corrected chi connectivity index (χ4v) is 13.6. The summed E-state index contributed by atoms with van der Waals surface area (Å²) in [7, 11) is 0. The standard InChI is InChI=1S/C63H72Cl2N12O7/c64-43-19-15-41(16-20-43)51(49-13-7-23-66-49)57(76-29-25-74(26-30-76)55-47(39-9-3-1-4-10-39)33-68-60-53(55)62(72-70-60)83-37-45(80)35-78)59(82)58(52(50-14-8-24-67-50)42-17-21-44(65)22-18-42)77-31-27-75(28-32-77)56-48(40-11-5-2-6-12-40)34-69-61-54(56)63(73-71-61)84-38-46(81)36-79/h1-6,9-12,15-22,33-34,45-46,49-52,57-58,66-67,78-81H,7-8,13-14,23-32,35-38H2,(H,68,70,72)(H,69,71,73)/t45-,46-,49-,50-,51-,52-,57?,58?/m0/s1. The van der Waals surface area contributed by atoms with Gasteiger partial charge < -0.3 is 50.3 Å². The number of aliphatic hydroxyl groups is 4. The van der Waals surface area contributed by atoms with Crippen molar-refractivity contribution in [2.75, 3.05) is 102 Å². The molecule has 8 N–H and O–H groups in total. The van der Waals surface area contributed by atoms with Crippen molar-refractivity contribution in [3.8, 4) is 34.0 Å². The number of carbonyl (C=O) groups is 1. The number of piperazine rings is 2. The molecule has 0 amide bonds. The Bertz CT molecular complexity index is 3230. The number of aromatic amines is 2. The van der Waals surface area contributed by atoms with Crippen LogP contribution >= 0.6 is 23.2 Å². The quantitative estimate of drug-likeness (QED) is 0.0354. The number of nitrogens with zero attached hydrogens (tertiary/aromatic N) is 8. The number of ether oxygens (including phenoxy) is 2. The molecule has 8 heterocycles. The number of nitrogens with one attached hydrogen (secondary N) is 4. The average Bonchev–Trinajstić information content (AvgIpc) is 2.86. The number of Topliss-reactive ketones (excluding diaryl/α,β-unsaturated/α-hetero) is 1. The van der Waals surface area contributed by atoms with Crippen molar-refractivity contribution in [2.24, 2.45) is 0 Å². The topological polar surface area (TPSA) is 237 Å². The van der Waals surface area contributed by atoms with E-state index in [1.54, 1.807) is 0 Å². The van der Waals surface area contributed by atoms with Gasteiger partial charge in [0, 0.05) is 110 Å². The molecular formula is C63H72Cl2N12O7. The van der Waals surface area contributed by atoms with Crippen molar-refractivity contribution in [2.45, 2.75) is 73.9 Å². The molecule has 12 rings (SSSR count). The fourth-order valence-electron chi connectivity index (χ4n) is 13.3. The Hall–Kier alpha value is -6.75. The third-order valence-corrected chi connectivity index (χ3v) is 17.9. The molecule has 4 aliphatic heterocycles. The summed E-state index contributed by atoms with van der Waals surface area (Å²) in [6, 6.07) is 35.3. The number of halogens is 2. The van der Waals surface area contributed by atoms with Crippen molar-refractivity contribution in [1.29, 1.82) is 0 Å². The summed E-state index contributed by atoms with van der Waals surface area (Å²) in [4.78, 5) is 36.6. The van der Waals surface area contributed by atoms with Crippen molar-refractivity contribution >= 4 is 62.4 Å². The first-order valence-electron chi connectivity index (χ1n) is 29.3. The number of carbonyl (C=O) groups excluding carboxylic acids is 1. The number of rotatable bonds is 22. The second-order valence-corrected chi connectivity index (χ2v) is 23.3. The number of aromatic nitrogens is 6. The van der Waals surface area contributed by atoms with Gasteiger partial charge in [0.1, 0.15) is 36.2 Å². The maximum atomic E-state index is 17.4. The molecule has 8 atom stereocenters. The van der Waals surface area contributed by atoms with E-state index in [1.165, 1.54) is 0 Å². The number of pyridine rings is 2. The minimum absolute atomic E-state index is 0.00553. The average molecular weight is 1180 g/mol. The van der Waals surface area contributed by atoms with E-state index in [0.29, 0.717) is 84.5 Å². The van der Waals surface area contributed by atoms with Crippen molar-refractivity contribution < 1.29 is 34.7 Å². The molecule has 0 bridgehead atoms. The van der Waals surface area contributed by atoms with Gasteiger partial charge in [-0.2, -0.15) is 0 Å². The van der Waals surface area contributed by atoms with Crippen LogP contribution in [0, 0.1) is 0 Å². The first-order chi connectivity index (χ1) is 41.1. The van der Waals surface area contributed by atoms with Crippen LogP contribution in [0.5, 0.6) is 11.8 Å². The van der Waals surface area contributed by atoms with Crippen LogP contribution in [-0.2, 0) is 4.79 Å². The molecule has 440 valence electrons. The van der Waals surface area contributed by atoms with Gasteiger partial charge in [-0.25, -0.2) is 9.97 Å². The highest BCUT2D eigenvalue weighted by Crippen LogP contribution is 2.45. The zero-order valence-electron chi connectivity index (χ0n) is 46.7. The van der Waals surface area contributed by atoms with Gasteiger partial charge in [0.15, 0.2) is 17.1 Å². The van der Waals surface area contributed by atoms with E-state index in [0.717, 1.165) is 83.5 Å². The second kappa shape index (κ2) is 26.3. The number of benzene rings is 4. The van der Waals surface area contributed by atoms with Gasteiger partial charge >= 0.3 is 0 Å². The number of ketones is 1. The minimum atomic E-state index is -1.10. The van der Waals surface area contributed by atoms with Gasteiger partial charge in [-0.05, 0) is 85.3 Å². The molecule has 2 unspecified atom stereocenters. The third kappa shape index (κ3) is 12.1. The Balaban J connectivity index is 0.952. The molecule has 0 aliphatic carbocycles. The monoisotopic (exact) mass is 1180 g/mol. The van der Waals surface area contributed by atoms with Gasteiger partial charge in [0.05, 0.1) is 36.7 Å². The number of fused-ring (bicyclic) bond motifs is 2. The van der Waals surface area contributed by atoms with E-state index in [4.69, 9.17) is 42.6 Å². The Morgan fingerprint density at radius 1 is 0.560 bits per heavy atom. The van der Waals surface area contributed by atoms with Crippen LogP contribution in [0.1, 0.15) is 48.6 Å². The highest BCUT2D eigenvalue weighted by atomic mass is 35.5. The lowest BCUT2D eigenvalue weighted by molar-refractivity contribution is -0.132. The van der Waals surface area contributed by atoms with Gasteiger partial charge in [-0.1, -0.05) is 108 Å². The predicted octanol–water partition coefficient (Wildman–Crippen LogP) is 6.66. The first-order valence-corrected chi connectivity index (χ1v) is 30.1. The summed E-state index contributed by atoms with van der Waals surface area (Å²) < 4.78 is 12.2. The summed E-state index contributed by atoms with van der Waals surface area (Å²) in [5.41, 5.74) is 8.64. The Morgan fingerprint density at radius 2 is 0.952 bits per heavy atom.